The van der Waals surface area contributed by atoms with Crippen molar-refractivity contribution in [3.8, 4) is 0 Å². The largest absolute Gasteiger partial charge is 0.404 e. The Morgan fingerprint density at radius 3 is 2.21 bits per heavy atom. The summed E-state index contributed by atoms with van der Waals surface area (Å²) < 4.78 is 0. The Bertz CT molecular complexity index is 380. The predicted molar refractivity (Wildman–Crippen MR) is 53.7 cm³/mol. The topological polar surface area (TPSA) is 60.2 Å². The molecule has 0 aliphatic heterocycles. The zero-order valence-corrected chi connectivity index (χ0v) is 7.86. The van der Waals surface area contributed by atoms with Crippen LogP contribution in [0.5, 0.6) is 0 Å². The van der Waals surface area contributed by atoms with Crippen molar-refractivity contribution < 1.29 is 9.59 Å². The standard InChI is InChI=1S/C11H11NO2/c1-8(13)10(7-12)11(14)9-5-3-2-4-6-9/h2-7H,12H2,1H3. The van der Waals surface area contributed by atoms with Crippen molar-refractivity contribution in [2.75, 3.05) is 0 Å². The molecule has 0 heterocycles. The van der Waals surface area contributed by atoms with Crippen LogP contribution < -0.4 is 5.73 Å². The molecule has 3 heteroatoms. The number of Topliss-reactive ketones (excluding diaryl/α,β-unsaturated/α-hetero) is 2. The molecule has 0 unspecified atom stereocenters. The smallest absolute Gasteiger partial charge is 0.198 e. The van der Waals surface area contributed by atoms with Crippen molar-refractivity contribution in [3.63, 3.8) is 0 Å². The van der Waals surface area contributed by atoms with Crippen LogP contribution in [-0.2, 0) is 4.79 Å². The third kappa shape index (κ3) is 2.07. The normalized spacial score (nSPS) is 11.1. The van der Waals surface area contributed by atoms with Gasteiger partial charge in [-0.05, 0) is 6.92 Å². The van der Waals surface area contributed by atoms with E-state index in [0.29, 0.717) is 5.56 Å². The fourth-order valence-corrected chi connectivity index (χ4v) is 1.10. The Hall–Kier alpha value is -1.90. The van der Waals surface area contributed by atoms with E-state index >= 15 is 0 Å². The van der Waals surface area contributed by atoms with Gasteiger partial charge in [-0.15, -0.1) is 0 Å². The third-order valence-corrected chi connectivity index (χ3v) is 1.83. The first-order valence-corrected chi connectivity index (χ1v) is 4.19. The molecule has 0 spiro atoms. The van der Waals surface area contributed by atoms with E-state index in [1.165, 1.54) is 6.92 Å². The van der Waals surface area contributed by atoms with Crippen LogP contribution in [0.15, 0.2) is 42.1 Å². The van der Waals surface area contributed by atoms with Gasteiger partial charge in [0.05, 0.1) is 5.57 Å². The minimum Gasteiger partial charge on any atom is -0.404 e. The number of hydrogen-bond donors (Lipinski definition) is 1. The fraction of sp³-hybridized carbons (Fsp3) is 0.0909. The summed E-state index contributed by atoms with van der Waals surface area (Å²) in [6.45, 7) is 1.32. The summed E-state index contributed by atoms with van der Waals surface area (Å²) in [7, 11) is 0. The summed E-state index contributed by atoms with van der Waals surface area (Å²) in [5.74, 6) is -0.651. The molecular formula is C11H11NO2. The number of nitrogens with two attached hydrogens (primary N) is 1. The van der Waals surface area contributed by atoms with Crippen LogP contribution in [0.1, 0.15) is 17.3 Å². The molecule has 2 N–H and O–H groups in total. The van der Waals surface area contributed by atoms with Crippen LogP contribution >= 0.6 is 0 Å². The summed E-state index contributed by atoms with van der Waals surface area (Å²) in [6.07, 6.45) is 1.05. The van der Waals surface area contributed by atoms with Gasteiger partial charge in [0.1, 0.15) is 0 Å². The lowest BCUT2D eigenvalue weighted by molar-refractivity contribution is -0.113. The average molecular weight is 189 g/mol. The van der Waals surface area contributed by atoms with Crippen molar-refractivity contribution >= 4 is 11.6 Å². The lowest BCUT2D eigenvalue weighted by Gasteiger charge is -2.00. The van der Waals surface area contributed by atoms with E-state index in [4.69, 9.17) is 5.73 Å². The van der Waals surface area contributed by atoms with E-state index in [9.17, 15) is 9.59 Å². The molecule has 0 radical (unpaired) electrons. The monoisotopic (exact) mass is 189 g/mol. The summed E-state index contributed by atoms with van der Waals surface area (Å²) in [4.78, 5) is 22.7. The number of benzene rings is 1. The molecule has 1 aromatic carbocycles. The van der Waals surface area contributed by atoms with Gasteiger partial charge in [0, 0.05) is 11.8 Å². The highest BCUT2D eigenvalue weighted by atomic mass is 16.1. The van der Waals surface area contributed by atoms with Gasteiger partial charge in [0.2, 0.25) is 0 Å². The summed E-state index contributed by atoms with van der Waals surface area (Å²) >= 11 is 0. The van der Waals surface area contributed by atoms with Gasteiger partial charge in [-0.1, -0.05) is 30.3 Å². The van der Waals surface area contributed by atoms with Crippen molar-refractivity contribution in [2.45, 2.75) is 6.92 Å². The summed E-state index contributed by atoms with van der Waals surface area (Å²) in [6, 6.07) is 8.57. The molecule has 0 aromatic heterocycles. The number of carbonyl (C=O) groups excluding carboxylic acids is 2. The molecule has 14 heavy (non-hydrogen) atoms. The third-order valence-electron chi connectivity index (χ3n) is 1.83. The average Bonchev–Trinajstić information content (AvgIpc) is 2.19. The van der Waals surface area contributed by atoms with E-state index < -0.39 is 0 Å². The molecule has 0 aliphatic rings. The maximum absolute atomic E-state index is 11.6. The molecule has 1 aromatic rings. The van der Waals surface area contributed by atoms with Gasteiger partial charge in [-0.3, -0.25) is 9.59 Å². The molecular weight excluding hydrogens is 178 g/mol. The van der Waals surface area contributed by atoms with Gasteiger partial charge in [0.15, 0.2) is 11.6 Å². The zero-order valence-electron chi connectivity index (χ0n) is 7.86. The molecule has 0 amide bonds. The predicted octanol–water partition coefficient (Wildman–Crippen LogP) is 1.30. The maximum atomic E-state index is 11.6. The van der Waals surface area contributed by atoms with Crippen molar-refractivity contribution in [1.82, 2.24) is 0 Å². The minimum atomic E-state index is -0.333. The van der Waals surface area contributed by atoms with Crippen LogP contribution in [0, 0.1) is 0 Å². The van der Waals surface area contributed by atoms with Crippen LogP contribution in [-0.4, -0.2) is 11.6 Å². The second-order valence-electron chi connectivity index (χ2n) is 2.83. The highest BCUT2D eigenvalue weighted by Gasteiger charge is 2.14. The fourth-order valence-electron chi connectivity index (χ4n) is 1.10. The van der Waals surface area contributed by atoms with Crippen molar-refractivity contribution in [3.05, 3.63) is 47.7 Å². The number of allylic oxidation sites excluding steroid dienone is 1. The second-order valence-corrected chi connectivity index (χ2v) is 2.83. The number of carbonyl (C=O) groups is 2. The van der Waals surface area contributed by atoms with Crippen molar-refractivity contribution in [1.29, 1.82) is 0 Å². The molecule has 3 nitrogen and oxygen atoms in total. The molecule has 0 aliphatic carbocycles. The van der Waals surface area contributed by atoms with Crippen molar-refractivity contribution in [2.24, 2.45) is 5.73 Å². The Labute approximate surface area is 82.2 Å². The number of rotatable bonds is 3. The van der Waals surface area contributed by atoms with Gasteiger partial charge in [0.25, 0.3) is 0 Å². The quantitative estimate of drug-likeness (QED) is 0.337. The zero-order chi connectivity index (χ0) is 10.6. The molecule has 0 fully saturated rings. The highest BCUT2D eigenvalue weighted by molar-refractivity contribution is 6.25. The van der Waals surface area contributed by atoms with E-state index in [2.05, 4.69) is 0 Å². The van der Waals surface area contributed by atoms with E-state index in [-0.39, 0.29) is 17.1 Å². The Kier molecular flexibility index (Phi) is 3.18. The van der Waals surface area contributed by atoms with E-state index in [0.717, 1.165) is 6.20 Å². The number of hydrogen-bond acceptors (Lipinski definition) is 3. The van der Waals surface area contributed by atoms with Gasteiger partial charge < -0.3 is 5.73 Å². The van der Waals surface area contributed by atoms with Crippen LogP contribution in [0.4, 0.5) is 0 Å². The second kappa shape index (κ2) is 4.37. The Balaban J connectivity index is 3.02. The first-order chi connectivity index (χ1) is 6.66. The first-order valence-electron chi connectivity index (χ1n) is 4.19. The lowest BCUT2D eigenvalue weighted by atomic mass is 10.0. The summed E-state index contributed by atoms with van der Waals surface area (Å²) in [5, 5.41) is 0. The first kappa shape index (κ1) is 10.2. The summed E-state index contributed by atoms with van der Waals surface area (Å²) in [5.41, 5.74) is 5.70. The molecule has 0 saturated carbocycles. The Morgan fingerprint density at radius 2 is 1.79 bits per heavy atom. The molecule has 72 valence electrons. The minimum absolute atomic E-state index is 0.0243. The SMILES string of the molecule is CC(=O)C(=CN)C(=O)c1ccccc1. The molecule has 1 rings (SSSR count). The van der Waals surface area contributed by atoms with Crippen LogP contribution in [0.2, 0.25) is 0 Å². The van der Waals surface area contributed by atoms with Gasteiger partial charge in [-0.2, -0.15) is 0 Å². The lowest BCUT2D eigenvalue weighted by Crippen LogP contribution is -2.12. The maximum Gasteiger partial charge on any atom is 0.198 e. The van der Waals surface area contributed by atoms with Crippen LogP contribution in [0.3, 0.4) is 0 Å². The van der Waals surface area contributed by atoms with Gasteiger partial charge in [-0.25, -0.2) is 0 Å². The highest BCUT2D eigenvalue weighted by Crippen LogP contribution is 2.07. The van der Waals surface area contributed by atoms with E-state index in [1.807, 2.05) is 0 Å². The molecule has 0 bridgehead atoms. The van der Waals surface area contributed by atoms with E-state index in [1.54, 1.807) is 30.3 Å². The Morgan fingerprint density at radius 1 is 1.21 bits per heavy atom. The molecule has 0 saturated heterocycles. The van der Waals surface area contributed by atoms with Crippen LogP contribution in [0.25, 0.3) is 0 Å². The number of ketones is 2. The van der Waals surface area contributed by atoms with Gasteiger partial charge >= 0.3 is 0 Å². The molecule has 0 atom stereocenters.